The highest BCUT2D eigenvalue weighted by Gasteiger charge is 2.30. The molecule has 110 valence electrons. The van der Waals surface area contributed by atoms with Crippen molar-refractivity contribution >= 4 is 28.1 Å². The first kappa shape index (κ1) is 15.4. The summed E-state index contributed by atoms with van der Waals surface area (Å²) in [5.41, 5.74) is 1.67. The van der Waals surface area contributed by atoms with Crippen molar-refractivity contribution in [3.05, 3.63) is 40.6 Å². The Bertz CT molecular complexity index is 659. The lowest BCUT2D eigenvalue weighted by Gasteiger charge is -2.08. The predicted octanol–water partition coefficient (Wildman–Crippen LogP) is 3.56. The summed E-state index contributed by atoms with van der Waals surface area (Å²) in [4.78, 5) is 11.9. The monoisotopic (exact) mass is 360 g/mol. The van der Waals surface area contributed by atoms with Crippen molar-refractivity contribution in [1.82, 2.24) is 15.4 Å². The average molecular weight is 361 g/mol. The minimum atomic E-state index is -4.40. The molecule has 0 radical (unpaired) electrons. The highest BCUT2D eigenvalue weighted by Crippen LogP contribution is 2.32. The lowest BCUT2D eigenvalue weighted by atomic mass is 10.1. The number of aliphatic imine (C=N–C) groups is 1. The molecule has 0 bridgehead atoms. The third-order valence-corrected chi connectivity index (χ3v) is 2.84. The van der Waals surface area contributed by atoms with Gasteiger partial charge in [0.1, 0.15) is 16.6 Å². The van der Waals surface area contributed by atoms with E-state index in [9.17, 15) is 13.2 Å². The van der Waals surface area contributed by atoms with E-state index in [1.807, 2.05) is 0 Å². The van der Waals surface area contributed by atoms with Crippen molar-refractivity contribution in [1.29, 1.82) is 0 Å². The first-order chi connectivity index (χ1) is 9.91. The van der Waals surface area contributed by atoms with Gasteiger partial charge < -0.3 is 0 Å². The topological polar surface area (TPSA) is 70.4 Å². The van der Waals surface area contributed by atoms with E-state index in [0.29, 0.717) is 10.2 Å². The quantitative estimate of drug-likeness (QED) is 0.498. The molecule has 9 heteroatoms. The minimum absolute atomic E-state index is 0.152. The summed E-state index contributed by atoms with van der Waals surface area (Å²) in [6, 6.07) is 4.47. The number of aromatic nitrogens is 2. The Morgan fingerprint density at radius 2 is 1.90 bits per heavy atom. The van der Waals surface area contributed by atoms with Crippen LogP contribution in [0.15, 0.2) is 40.1 Å². The van der Waals surface area contributed by atoms with E-state index >= 15 is 0 Å². The maximum atomic E-state index is 12.5. The number of alkyl halides is 3. The third kappa shape index (κ3) is 3.76. The maximum absolute atomic E-state index is 12.5. The molecule has 2 rings (SSSR count). The second-order valence-electron chi connectivity index (χ2n) is 3.83. The zero-order chi connectivity index (χ0) is 15.5. The number of halogens is 4. The van der Waals surface area contributed by atoms with Crippen molar-refractivity contribution in [3.8, 4) is 11.3 Å². The van der Waals surface area contributed by atoms with Crippen LogP contribution in [0, 0.1) is 0 Å². The summed E-state index contributed by atoms with van der Waals surface area (Å²) in [6.07, 6.45) is -2.04. The molecule has 0 atom stereocenters. The average Bonchev–Trinajstić information content (AvgIpc) is 2.45. The Morgan fingerprint density at radius 3 is 2.48 bits per heavy atom. The molecule has 0 aliphatic carbocycles. The van der Waals surface area contributed by atoms with Crippen molar-refractivity contribution in [2.45, 2.75) is 6.18 Å². The Balaban J connectivity index is 2.46. The number of rotatable bonds is 3. The van der Waals surface area contributed by atoms with E-state index in [1.165, 1.54) is 18.3 Å². The second-order valence-corrected chi connectivity index (χ2v) is 4.64. The molecule has 2 aromatic rings. The third-order valence-electron chi connectivity index (χ3n) is 2.45. The van der Waals surface area contributed by atoms with Crippen LogP contribution in [0.2, 0.25) is 0 Å². The van der Waals surface area contributed by atoms with Crippen molar-refractivity contribution in [2.24, 2.45) is 4.99 Å². The summed E-state index contributed by atoms with van der Waals surface area (Å²) < 4.78 is 38.0. The van der Waals surface area contributed by atoms with Gasteiger partial charge in [-0.05, 0) is 28.1 Å². The summed E-state index contributed by atoms with van der Waals surface area (Å²) in [5, 5.41) is 8.49. The van der Waals surface area contributed by atoms with Crippen LogP contribution >= 0.6 is 15.9 Å². The zero-order valence-corrected chi connectivity index (χ0v) is 11.9. The van der Waals surface area contributed by atoms with Gasteiger partial charge in [-0.1, -0.05) is 12.1 Å². The van der Waals surface area contributed by atoms with Crippen LogP contribution in [0.25, 0.3) is 11.3 Å². The van der Waals surface area contributed by atoms with E-state index in [1.54, 1.807) is 5.48 Å². The number of hydrogen-bond acceptors (Lipinski definition) is 4. The number of nitrogens with zero attached hydrogens (tertiary/aromatic N) is 3. The molecule has 0 saturated heterocycles. The van der Waals surface area contributed by atoms with Gasteiger partial charge in [0.2, 0.25) is 0 Å². The normalized spacial score (nSPS) is 11.9. The Morgan fingerprint density at radius 1 is 1.24 bits per heavy atom. The van der Waals surface area contributed by atoms with Gasteiger partial charge in [-0.3, -0.25) is 10.7 Å². The molecule has 0 amide bonds. The van der Waals surface area contributed by atoms with Crippen molar-refractivity contribution in [3.63, 3.8) is 0 Å². The molecule has 1 heterocycles. The molecule has 0 aliphatic rings. The van der Waals surface area contributed by atoms with Crippen LogP contribution in [0.3, 0.4) is 0 Å². The molecular weight excluding hydrogens is 353 g/mol. The minimum Gasteiger partial charge on any atom is -0.290 e. The first-order valence-electron chi connectivity index (χ1n) is 5.54. The van der Waals surface area contributed by atoms with Crippen LogP contribution in [0.4, 0.5) is 19.0 Å². The Hall–Kier alpha value is -2.00. The first-order valence-corrected chi connectivity index (χ1v) is 6.33. The van der Waals surface area contributed by atoms with Gasteiger partial charge in [-0.25, -0.2) is 15.0 Å². The number of benzene rings is 1. The molecule has 0 fully saturated rings. The number of hydrogen-bond donors (Lipinski definition) is 2. The predicted molar refractivity (Wildman–Crippen MR) is 73.2 cm³/mol. The molecule has 1 aromatic carbocycles. The SMILES string of the molecule is ONC=Nc1ncc(Br)nc1-c1ccc(C(F)(F)F)cc1. The van der Waals surface area contributed by atoms with Gasteiger partial charge in [0, 0.05) is 5.56 Å². The van der Waals surface area contributed by atoms with Crippen molar-refractivity contribution < 1.29 is 18.4 Å². The number of hydroxylamine groups is 1. The van der Waals surface area contributed by atoms with Crippen molar-refractivity contribution in [2.75, 3.05) is 0 Å². The van der Waals surface area contributed by atoms with E-state index < -0.39 is 11.7 Å². The van der Waals surface area contributed by atoms with E-state index in [0.717, 1.165) is 18.5 Å². The van der Waals surface area contributed by atoms with Crippen LogP contribution < -0.4 is 5.48 Å². The molecule has 2 N–H and O–H groups in total. The molecular formula is C12H8BrF3N4O. The summed E-state index contributed by atoms with van der Waals surface area (Å²) in [5.74, 6) is 0.152. The van der Waals surface area contributed by atoms with Crippen LogP contribution in [0.1, 0.15) is 5.56 Å². The highest BCUT2D eigenvalue weighted by atomic mass is 79.9. The molecule has 0 saturated carbocycles. The zero-order valence-electron chi connectivity index (χ0n) is 10.3. The fourth-order valence-corrected chi connectivity index (χ4v) is 1.84. The van der Waals surface area contributed by atoms with Gasteiger partial charge in [-0.15, -0.1) is 0 Å². The van der Waals surface area contributed by atoms with Gasteiger partial charge >= 0.3 is 6.18 Å². The van der Waals surface area contributed by atoms with Gasteiger partial charge in [0.05, 0.1) is 11.8 Å². The number of nitrogens with one attached hydrogen (secondary N) is 1. The lowest BCUT2D eigenvalue weighted by Crippen LogP contribution is -2.04. The standard InChI is InChI=1S/C12H8BrF3N4O/c13-9-5-17-11(18-6-19-21)10(20-9)7-1-3-8(4-2-7)12(14,15)16/h1-6,21H,(H,17,18,19). The van der Waals surface area contributed by atoms with Gasteiger partial charge in [0.25, 0.3) is 0 Å². The summed E-state index contributed by atoms with van der Waals surface area (Å²) >= 11 is 3.14. The van der Waals surface area contributed by atoms with Gasteiger partial charge in [0.15, 0.2) is 5.82 Å². The maximum Gasteiger partial charge on any atom is 0.416 e. The molecule has 0 spiro atoms. The highest BCUT2D eigenvalue weighted by molar-refractivity contribution is 9.10. The van der Waals surface area contributed by atoms with E-state index in [4.69, 9.17) is 5.21 Å². The van der Waals surface area contributed by atoms with Gasteiger partial charge in [-0.2, -0.15) is 13.2 Å². The molecule has 0 unspecified atom stereocenters. The Labute approximate surface area is 125 Å². The molecule has 5 nitrogen and oxygen atoms in total. The molecule has 0 aliphatic heterocycles. The smallest absolute Gasteiger partial charge is 0.290 e. The second kappa shape index (κ2) is 6.19. The largest absolute Gasteiger partial charge is 0.416 e. The van der Waals surface area contributed by atoms with E-state index in [-0.39, 0.29) is 11.5 Å². The fourth-order valence-electron chi connectivity index (χ4n) is 1.56. The lowest BCUT2D eigenvalue weighted by molar-refractivity contribution is -0.137. The summed E-state index contributed by atoms with van der Waals surface area (Å²) in [6.45, 7) is 0. The molecule has 1 aromatic heterocycles. The summed E-state index contributed by atoms with van der Waals surface area (Å²) in [7, 11) is 0. The Kier molecular flexibility index (Phi) is 4.53. The molecule has 21 heavy (non-hydrogen) atoms. The van der Waals surface area contributed by atoms with Crippen LogP contribution in [-0.2, 0) is 6.18 Å². The van der Waals surface area contributed by atoms with Crippen LogP contribution in [-0.4, -0.2) is 21.5 Å². The fraction of sp³-hybridized carbons (Fsp3) is 0.0833. The van der Waals surface area contributed by atoms with Crippen LogP contribution in [0.5, 0.6) is 0 Å². The van der Waals surface area contributed by atoms with E-state index in [2.05, 4.69) is 30.9 Å².